The van der Waals surface area contributed by atoms with E-state index in [2.05, 4.69) is 0 Å². The van der Waals surface area contributed by atoms with Gasteiger partial charge >= 0.3 is 0 Å². The third-order valence-electron chi connectivity index (χ3n) is 3.59. The summed E-state index contributed by atoms with van der Waals surface area (Å²) in [6.45, 7) is 0.989. The van der Waals surface area contributed by atoms with E-state index >= 15 is 0 Å². The number of benzene rings is 2. The van der Waals surface area contributed by atoms with Crippen molar-refractivity contribution in [3.63, 3.8) is 0 Å². The molecule has 5 nitrogen and oxygen atoms in total. The lowest BCUT2D eigenvalue weighted by Crippen LogP contribution is -2.15. The summed E-state index contributed by atoms with van der Waals surface area (Å²) < 4.78 is 16.2. The largest absolute Gasteiger partial charge is 0.496 e. The van der Waals surface area contributed by atoms with E-state index in [0.29, 0.717) is 41.6 Å². The van der Waals surface area contributed by atoms with Crippen LogP contribution in [0.4, 0.5) is 0 Å². The van der Waals surface area contributed by atoms with Crippen molar-refractivity contribution >= 4 is 11.9 Å². The average molecular weight is 321 g/mol. The monoisotopic (exact) mass is 321 g/mol. The van der Waals surface area contributed by atoms with Crippen LogP contribution in [-0.4, -0.2) is 26.1 Å². The molecule has 1 aliphatic heterocycles. The van der Waals surface area contributed by atoms with Crippen LogP contribution in [0, 0.1) is 11.3 Å². The predicted octanol–water partition coefficient (Wildman–Crippen LogP) is 3.26. The molecule has 1 aliphatic rings. The summed E-state index contributed by atoms with van der Waals surface area (Å²) in [6.07, 6.45) is 1.53. The van der Waals surface area contributed by atoms with Crippen molar-refractivity contribution < 1.29 is 19.0 Å². The molecule has 2 aromatic carbocycles. The number of para-hydroxylation sites is 1. The van der Waals surface area contributed by atoms with Gasteiger partial charge in [0.15, 0.2) is 11.5 Å². The Morgan fingerprint density at radius 1 is 1.17 bits per heavy atom. The maximum atomic E-state index is 12.6. The van der Waals surface area contributed by atoms with Crippen LogP contribution in [0.25, 0.3) is 6.08 Å². The number of carbonyl (C=O) groups is 1. The van der Waals surface area contributed by atoms with E-state index in [0.717, 1.165) is 0 Å². The van der Waals surface area contributed by atoms with Crippen molar-refractivity contribution in [1.29, 1.82) is 5.26 Å². The fourth-order valence-corrected chi connectivity index (χ4v) is 2.44. The van der Waals surface area contributed by atoms with E-state index in [1.165, 1.54) is 13.2 Å². The zero-order chi connectivity index (χ0) is 16.9. The van der Waals surface area contributed by atoms with Crippen molar-refractivity contribution in [1.82, 2.24) is 0 Å². The van der Waals surface area contributed by atoms with Gasteiger partial charge in [-0.1, -0.05) is 18.2 Å². The van der Waals surface area contributed by atoms with Crippen molar-refractivity contribution in [2.24, 2.45) is 0 Å². The van der Waals surface area contributed by atoms with E-state index in [-0.39, 0.29) is 11.4 Å². The van der Waals surface area contributed by atoms with Crippen LogP contribution >= 0.6 is 0 Å². The number of carbonyl (C=O) groups excluding carboxylic acids is 1. The van der Waals surface area contributed by atoms with Gasteiger partial charge in [-0.15, -0.1) is 0 Å². The maximum absolute atomic E-state index is 12.6. The van der Waals surface area contributed by atoms with E-state index in [9.17, 15) is 10.1 Å². The number of ether oxygens (including phenoxy) is 3. The van der Waals surface area contributed by atoms with Crippen LogP contribution in [0.2, 0.25) is 0 Å². The number of nitriles is 1. The zero-order valence-corrected chi connectivity index (χ0v) is 13.1. The molecule has 0 unspecified atom stereocenters. The predicted molar refractivity (Wildman–Crippen MR) is 88.3 cm³/mol. The third-order valence-corrected chi connectivity index (χ3v) is 3.59. The van der Waals surface area contributed by atoms with Crippen LogP contribution in [0.5, 0.6) is 17.2 Å². The second-order valence-corrected chi connectivity index (χ2v) is 5.10. The molecule has 0 saturated carbocycles. The molecule has 0 saturated heterocycles. The van der Waals surface area contributed by atoms with Gasteiger partial charge in [0.2, 0.25) is 5.78 Å². The second-order valence-electron chi connectivity index (χ2n) is 5.10. The fourth-order valence-electron chi connectivity index (χ4n) is 2.44. The van der Waals surface area contributed by atoms with Crippen molar-refractivity contribution in [2.75, 3.05) is 20.3 Å². The molecule has 3 rings (SSSR count). The third kappa shape index (κ3) is 3.08. The number of rotatable bonds is 4. The Bertz CT molecular complexity index is 849. The topological polar surface area (TPSA) is 68.6 Å². The molecule has 0 atom stereocenters. The van der Waals surface area contributed by atoms with Gasteiger partial charge in [0.1, 0.15) is 30.6 Å². The average Bonchev–Trinajstić information content (AvgIpc) is 2.65. The molecule has 0 aromatic heterocycles. The standard InChI is InChI=1S/C19H15NO4/c1-22-16-5-3-2-4-15(16)19(21)14(12-20)10-13-6-7-17-18(11-13)24-9-8-23-17/h2-7,10-11H,8-9H2,1H3. The molecule has 0 radical (unpaired) electrons. The number of hydrogen-bond acceptors (Lipinski definition) is 5. The van der Waals surface area contributed by atoms with Crippen molar-refractivity contribution in [2.45, 2.75) is 0 Å². The van der Waals surface area contributed by atoms with Gasteiger partial charge in [-0.2, -0.15) is 5.26 Å². The van der Waals surface area contributed by atoms with Crippen molar-refractivity contribution in [3.05, 3.63) is 59.2 Å². The Hall–Kier alpha value is -3.26. The lowest BCUT2D eigenvalue weighted by atomic mass is 10.0. The molecule has 2 aromatic rings. The molecule has 0 spiro atoms. The van der Waals surface area contributed by atoms with E-state index in [1.54, 1.807) is 42.5 Å². The molecular weight excluding hydrogens is 306 g/mol. The minimum absolute atomic E-state index is 0.0242. The molecule has 0 amide bonds. The summed E-state index contributed by atoms with van der Waals surface area (Å²) in [5.41, 5.74) is 1.07. The molecule has 0 fully saturated rings. The van der Waals surface area contributed by atoms with Gasteiger partial charge in [0, 0.05) is 0 Å². The smallest absolute Gasteiger partial charge is 0.207 e. The first-order valence-corrected chi connectivity index (χ1v) is 7.42. The molecule has 0 bridgehead atoms. The summed E-state index contributed by atoms with van der Waals surface area (Å²) in [5, 5.41) is 9.39. The summed E-state index contributed by atoms with van der Waals surface area (Å²) in [7, 11) is 1.49. The van der Waals surface area contributed by atoms with Gasteiger partial charge in [-0.05, 0) is 35.9 Å². The second kappa shape index (κ2) is 6.88. The highest BCUT2D eigenvalue weighted by atomic mass is 16.6. The number of nitrogens with zero attached hydrogens (tertiary/aromatic N) is 1. The number of hydrogen-bond donors (Lipinski definition) is 0. The lowest BCUT2D eigenvalue weighted by Gasteiger charge is -2.18. The molecular formula is C19H15NO4. The first-order chi connectivity index (χ1) is 11.7. The Morgan fingerprint density at radius 2 is 1.92 bits per heavy atom. The fraction of sp³-hybridized carbons (Fsp3) is 0.158. The van der Waals surface area contributed by atoms with E-state index < -0.39 is 0 Å². The molecule has 5 heteroatoms. The molecule has 0 N–H and O–H groups in total. The number of allylic oxidation sites excluding steroid dienone is 1. The lowest BCUT2D eigenvalue weighted by molar-refractivity contribution is 0.103. The maximum Gasteiger partial charge on any atom is 0.207 e. The SMILES string of the molecule is COc1ccccc1C(=O)C(C#N)=Cc1ccc2c(c1)OCCO2. The summed E-state index contributed by atoms with van der Waals surface area (Å²) in [4.78, 5) is 12.6. The van der Waals surface area contributed by atoms with Gasteiger partial charge in [0.25, 0.3) is 0 Å². The molecule has 24 heavy (non-hydrogen) atoms. The zero-order valence-electron chi connectivity index (χ0n) is 13.1. The molecule has 0 aliphatic carbocycles. The summed E-state index contributed by atoms with van der Waals surface area (Å²) in [5.74, 6) is 1.32. The normalized spacial score (nSPS) is 13.1. The van der Waals surface area contributed by atoms with Crippen LogP contribution in [-0.2, 0) is 0 Å². The van der Waals surface area contributed by atoms with Crippen LogP contribution in [0.3, 0.4) is 0 Å². The van der Waals surface area contributed by atoms with Crippen LogP contribution in [0.15, 0.2) is 48.0 Å². The molecule has 1 heterocycles. The Labute approximate surface area is 139 Å². The minimum atomic E-state index is -0.384. The summed E-state index contributed by atoms with van der Waals surface area (Å²) >= 11 is 0. The first-order valence-electron chi connectivity index (χ1n) is 7.42. The Balaban J connectivity index is 1.95. The van der Waals surface area contributed by atoms with Gasteiger partial charge in [0.05, 0.1) is 12.7 Å². The van der Waals surface area contributed by atoms with Crippen molar-refractivity contribution in [3.8, 4) is 23.3 Å². The van der Waals surface area contributed by atoms with Gasteiger partial charge in [-0.3, -0.25) is 4.79 Å². The number of Topliss-reactive ketones (excluding diaryl/α,β-unsaturated/α-hetero) is 1. The molecule has 120 valence electrons. The highest BCUT2D eigenvalue weighted by molar-refractivity contribution is 6.15. The van der Waals surface area contributed by atoms with E-state index in [1.807, 2.05) is 6.07 Å². The summed E-state index contributed by atoms with van der Waals surface area (Å²) in [6, 6.07) is 14.1. The Morgan fingerprint density at radius 3 is 2.67 bits per heavy atom. The van der Waals surface area contributed by atoms with E-state index in [4.69, 9.17) is 14.2 Å². The minimum Gasteiger partial charge on any atom is -0.496 e. The number of methoxy groups -OCH3 is 1. The quantitative estimate of drug-likeness (QED) is 0.491. The number of ketones is 1. The van der Waals surface area contributed by atoms with Crippen LogP contribution in [0.1, 0.15) is 15.9 Å². The van der Waals surface area contributed by atoms with Gasteiger partial charge in [-0.25, -0.2) is 0 Å². The first kappa shape index (κ1) is 15.6. The van der Waals surface area contributed by atoms with Gasteiger partial charge < -0.3 is 14.2 Å². The number of fused-ring (bicyclic) bond motifs is 1. The highest BCUT2D eigenvalue weighted by Gasteiger charge is 2.17. The van der Waals surface area contributed by atoms with Crippen LogP contribution < -0.4 is 14.2 Å². The highest BCUT2D eigenvalue weighted by Crippen LogP contribution is 2.31. The Kier molecular flexibility index (Phi) is 4.48.